The first-order valence-corrected chi connectivity index (χ1v) is 10.7. The van der Waals surface area contributed by atoms with E-state index >= 15 is 0 Å². The third-order valence-corrected chi connectivity index (χ3v) is 6.81. The van der Waals surface area contributed by atoms with E-state index in [-0.39, 0.29) is 4.90 Å². The number of amides is 1. The van der Waals surface area contributed by atoms with Gasteiger partial charge in [-0.15, -0.1) is 0 Å². The third-order valence-electron chi connectivity index (χ3n) is 5.46. The normalized spacial score (nSPS) is 15.3. The Bertz CT molecular complexity index is 1020. The van der Waals surface area contributed by atoms with E-state index in [1.54, 1.807) is 12.1 Å². The van der Waals surface area contributed by atoms with Crippen molar-refractivity contribution in [3.63, 3.8) is 0 Å². The van der Waals surface area contributed by atoms with Gasteiger partial charge in [-0.3, -0.25) is 9.59 Å². The van der Waals surface area contributed by atoms with Gasteiger partial charge in [-0.25, -0.2) is 13.1 Å². The summed E-state index contributed by atoms with van der Waals surface area (Å²) in [6.07, 6.45) is 5.27. The molecule has 0 atom stereocenters. The van der Waals surface area contributed by atoms with E-state index in [1.807, 2.05) is 11.6 Å². The molecule has 2 aromatic rings. The van der Waals surface area contributed by atoms with Gasteiger partial charge in [0.2, 0.25) is 0 Å². The van der Waals surface area contributed by atoms with Crippen molar-refractivity contribution in [2.75, 3.05) is 0 Å². The van der Waals surface area contributed by atoms with Crippen molar-refractivity contribution in [3.05, 3.63) is 63.7 Å². The molecule has 2 aliphatic rings. The average molecular weight is 383 g/mol. The molecule has 0 heterocycles. The monoisotopic (exact) mass is 383 g/mol. The smallest absolute Gasteiger partial charge is 0.283 e. The van der Waals surface area contributed by atoms with Crippen LogP contribution in [0.2, 0.25) is 0 Å². The summed E-state index contributed by atoms with van der Waals surface area (Å²) < 4.78 is 26.9. The number of Topliss-reactive ketones (excluding diaryl/α,β-unsaturated/α-hetero) is 1. The van der Waals surface area contributed by atoms with E-state index in [2.05, 4.69) is 6.07 Å². The van der Waals surface area contributed by atoms with Crippen LogP contribution in [0.15, 0.2) is 35.2 Å². The molecule has 0 unspecified atom stereocenters. The van der Waals surface area contributed by atoms with Gasteiger partial charge < -0.3 is 0 Å². The molecule has 0 spiro atoms. The van der Waals surface area contributed by atoms with Crippen LogP contribution in [0.3, 0.4) is 0 Å². The molecule has 0 bridgehead atoms. The minimum absolute atomic E-state index is 0.0298. The number of rotatable bonds is 4. The van der Waals surface area contributed by atoms with Crippen molar-refractivity contribution in [3.8, 4) is 0 Å². The molecule has 1 amide bonds. The van der Waals surface area contributed by atoms with Crippen molar-refractivity contribution in [2.45, 2.75) is 50.3 Å². The molecule has 0 saturated carbocycles. The molecule has 0 aromatic heterocycles. The second kappa shape index (κ2) is 6.60. The Morgan fingerprint density at radius 2 is 1.44 bits per heavy atom. The largest absolute Gasteiger partial charge is 0.306 e. The summed E-state index contributed by atoms with van der Waals surface area (Å²) in [6, 6.07) is 8.32. The molecule has 0 fully saturated rings. The lowest BCUT2D eigenvalue weighted by Gasteiger charge is -2.14. The second-order valence-electron chi connectivity index (χ2n) is 7.31. The van der Waals surface area contributed by atoms with Gasteiger partial charge in [-0.1, -0.05) is 23.8 Å². The fraction of sp³-hybridized carbons (Fsp3) is 0.333. The number of carbonyl (C=O) groups is 2. The van der Waals surface area contributed by atoms with E-state index in [9.17, 15) is 18.0 Å². The van der Waals surface area contributed by atoms with E-state index in [0.29, 0.717) is 5.56 Å². The van der Waals surface area contributed by atoms with Crippen LogP contribution in [-0.2, 0) is 40.5 Å². The van der Waals surface area contributed by atoms with Crippen molar-refractivity contribution in [2.24, 2.45) is 0 Å². The van der Waals surface area contributed by atoms with Crippen LogP contribution in [0, 0.1) is 6.92 Å². The summed E-state index contributed by atoms with van der Waals surface area (Å²) in [4.78, 5) is 25.5. The lowest BCUT2D eigenvalue weighted by atomic mass is 9.91. The fourth-order valence-corrected chi connectivity index (χ4v) is 5.10. The van der Waals surface area contributed by atoms with Crippen molar-refractivity contribution in [1.82, 2.24) is 4.72 Å². The minimum atomic E-state index is -4.08. The Morgan fingerprint density at radius 1 is 0.889 bits per heavy atom. The molecule has 1 N–H and O–H groups in total. The van der Waals surface area contributed by atoms with Crippen molar-refractivity contribution >= 4 is 21.7 Å². The molecular formula is C21H21NO4S. The Morgan fingerprint density at radius 3 is 2.00 bits per heavy atom. The average Bonchev–Trinajstić information content (AvgIpc) is 3.27. The van der Waals surface area contributed by atoms with Crippen LogP contribution in [0.25, 0.3) is 0 Å². The van der Waals surface area contributed by atoms with Gasteiger partial charge in [0.05, 0.1) is 4.90 Å². The topological polar surface area (TPSA) is 80.3 Å². The number of ketones is 1. The van der Waals surface area contributed by atoms with E-state index in [1.165, 1.54) is 12.1 Å². The predicted molar refractivity (Wildman–Crippen MR) is 101 cm³/mol. The highest BCUT2D eigenvalue weighted by molar-refractivity contribution is 7.90. The third kappa shape index (κ3) is 3.18. The van der Waals surface area contributed by atoms with Gasteiger partial charge in [0.25, 0.3) is 15.8 Å². The quantitative estimate of drug-likeness (QED) is 0.650. The first kappa shape index (κ1) is 17.9. The molecule has 4 rings (SSSR count). The van der Waals surface area contributed by atoms with Crippen LogP contribution in [0.1, 0.15) is 51.0 Å². The molecule has 0 aliphatic heterocycles. The second-order valence-corrected chi connectivity index (χ2v) is 8.99. The highest BCUT2D eigenvalue weighted by Crippen LogP contribution is 2.35. The Balaban J connectivity index is 1.66. The number of nitrogens with one attached hydrogen (secondary N) is 1. The van der Waals surface area contributed by atoms with E-state index < -0.39 is 21.7 Å². The number of carbonyl (C=O) groups excluding carboxylic acids is 2. The molecule has 27 heavy (non-hydrogen) atoms. The Labute approximate surface area is 158 Å². The Hall–Kier alpha value is -2.47. The number of benzene rings is 2. The minimum Gasteiger partial charge on any atom is -0.283 e. The van der Waals surface area contributed by atoms with Gasteiger partial charge in [-0.2, -0.15) is 0 Å². The summed E-state index contributed by atoms with van der Waals surface area (Å²) in [7, 11) is -4.08. The molecule has 0 saturated heterocycles. The van der Waals surface area contributed by atoms with Gasteiger partial charge in [0.1, 0.15) is 0 Å². The van der Waals surface area contributed by atoms with Crippen LogP contribution in [0.5, 0.6) is 0 Å². The molecule has 2 aliphatic carbocycles. The zero-order valence-electron chi connectivity index (χ0n) is 15.2. The summed E-state index contributed by atoms with van der Waals surface area (Å²) in [5.41, 5.74) is 5.49. The number of hydrogen-bond donors (Lipinski definition) is 1. The Kier molecular flexibility index (Phi) is 4.38. The first-order valence-electron chi connectivity index (χ1n) is 9.21. The number of hydrogen-bond acceptors (Lipinski definition) is 4. The highest BCUT2D eigenvalue weighted by atomic mass is 32.2. The van der Waals surface area contributed by atoms with Crippen LogP contribution < -0.4 is 4.72 Å². The van der Waals surface area contributed by atoms with E-state index in [4.69, 9.17) is 0 Å². The predicted octanol–water partition coefficient (Wildman–Crippen LogP) is 2.66. The molecule has 0 radical (unpaired) electrons. The maximum absolute atomic E-state index is 13.0. The first-order chi connectivity index (χ1) is 12.9. The summed E-state index contributed by atoms with van der Waals surface area (Å²) >= 11 is 0. The summed E-state index contributed by atoms with van der Waals surface area (Å²) in [5, 5.41) is 0. The van der Waals surface area contributed by atoms with Crippen molar-refractivity contribution in [1.29, 1.82) is 0 Å². The molecule has 2 aromatic carbocycles. The summed E-state index contributed by atoms with van der Waals surface area (Å²) in [6.45, 7) is 1.84. The van der Waals surface area contributed by atoms with Crippen LogP contribution >= 0.6 is 0 Å². The maximum Gasteiger partial charge on any atom is 0.306 e. The van der Waals surface area contributed by atoms with Crippen LogP contribution in [-0.4, -0.2) is 20.1 Å². The maximum atomic E-state index is 13.0. The number of fused-ring (bicyclic) bond motifs is 2. The molecule has 140 valence electrons. The lowest BCUT2D eigenvalue weighted by Crippen LogP contribution is -2.37. The number of sulfonamides is 1. The standard InChI is InChI=1S/C21H21NO4S/c1-13-8-10-16(11-9-13)27(25,26)22-21(24)20(23)19-17-6-2-4-14(17)12-15-5-3-7-18(15)19/h8-12H,2-7H2,1H3,(H,22,24). The van der Waals surface area contributed by atoms with Crippen LogP contribution in [0.4, 0.5) is 0 Å². The lowest BCUT2D eigenvalue weighted by molar-refractivity contribution is -0.115. The molecule has 5 nitrogen and oxygen atoms in total. The van der Waals surface area contributed by atoms with Gasteiger partial charge in [0, 0.05) is 5.56 Å². The van der Waals surface area contributed by atoms with Gasteiger partial charge in [0.15, 0.2) is 0 Å². The van der Waals surface area contributed by atoms with Gasteiger partial charge in [-0.05, 0) is 79.8 Å². The van der Waals surface area contributed by atoms with Gasteiger partial charge >= 0.3 is 5.91 Å². The van der Waals surface area contributed by atoms with Crippen molar-refractivity contribution < 1.29 is 18.0 Å². The zero-order valence-corrected chi connectivity index (χ0v) is 16.0. The zero-order chi connectivity index (χ0) is 19.2. The number of aryl methyl sites for hydroxylation is 3. The molecule has 6 heteroatoms. The summed E-state index contributed by atoms with van der Waals surface area (Å²) in [5.74, 6) is -1.81. The van der Waals surface area contributed by atoms with E-state index in [0.717, 1.165) is 66.3 Å². The fourth-order valence-electron chi connectivity index (χ4n) is 4.15. The highest BCUT2D eigenvalue weighted by Gasteiger charge is 2.32. The SMILES string of the molecule is Cc1ccc(S(=O)(=O)NC(=O)C(=O)c2c3c(cc4c2CCC4)CCC3)cc1. The molecular weight excluding hydrogens is 362 g/mol.